The molecule has 0 saturated carbocycles. The van der Waals surface area contributed by atoms with Crippen LogP contribution in [0.2, 0.25) is 0 Å². The minimum atomic E-state index is -1.20. The molecule has 0 amide bonds. The minimum Gasteiger partial charge on any atom is -0.378 e. The summed E-state index contributed by atoms with van der Waals surface area (Å²) in [5, 5.41) is 19.6. The van der Waals surface area contributed by atoms with Gasteiger partial charge in [-0.15, -0.1) is 5.10 Å². The van der Waals surface area contributed by atoms with Crippen molar-refractivity contribution in [3.05, 3.63) is 45.7 Å². The van der Waals surface area contributed by atoms with Gasteiger partial charge in [0.05, 0.1) is 24.9 Å². The molecule has 1 aliphatic carbocycles. The van der Waals surface area contributed by atoms with Crippen LogP contribution in [0, 0.1) is 0 Å². The maximum absolute atomic E-state index is 11.1. The smallest absolute Gasteiger partial charge is 0.192 e. The summed E-state index contributed by atoms with van der Waals surface area (Å²) in [7, 11) is 0. The lowest BCUT2D eigenvalue weighted by molar-refractivity contribution is -0.219. The van der Waals surface area contributed by atoms with Crippen LogP contribution in [0.4, 0.5) is 0 Å². The Morgan fingerprint density at radius 3 is 3.17 bits per heavy atom. The number of benzene rings is 1. The van der Waals surface area contributed by atoms with E-state index < -0.39 is 11.9 Å². The van der Waals surface area contributed by atoms with Gasteiger partial charge >= 0.3 is 0 Å². The second-order valence-electron chi connectivity index (χ2n) is 6.87. The van der Waals surface area contributed by atoms with Gasteiger partial charge in [0, 0.05) is 4.47 Å². The number of hydrogen-bond acceptors (Lipinski definition) is 5. The van der Waals surface area contributed by atoms with E-state index in [2.05, 4.69) is 44.4 Å². The summed E-state index contributed by atoms with van der Waals surface area (Å²) in [4.78, 5) is 0. The van der Waals surface area contributed by atoms with E-state index in [9.17, 15) is 5.11 Å². The topological polar surface area (TPSA) is 69.4 Å². The number of ether oxygens (including phenoxy) is 2. The molecule has 0 spiro atoms. The maximum atomic E-state index is 11.1. The lowest BCUT2D eigenvalue weighted by atomic mass is 9.90. The number of fused-ring (bicyclic) bond motifs is 3. The highest BCUT2D eigenvalue weighted by molar-refractivity contribution is 9.10. The highest BCUT2D eigenvalue weighted by Crippen LogP contribution is 2.42. The third kappa shape index (κ3) is 2.19. The first-order valence-corrected chi connectivity index (χ1v) is 9.13. The molecule has 4 atom stereocenters. The second-order valence-corrected chi connectivity index (χ2v) is 7.78. The lowest BCUT2D eigenvalue weighted by Crippen LogP contribution is -2.44. The fourth-order valence-corrected chi connectivity index (χ4v) is 4.43. The van der Waals surface area contributed by atoms with Crippen LogP contribution in [0.25, 0.3) is 0 Å². The van der Waals surface area contributed by atoms with Crippen LogP contribution in [-0.4, -0.2) is 39.1 Å². The molecule has 0 radical (unpaired) electrons. The van der Waals surface area contributed by atoms with Crippen molar-refractivity contribution in [1.82, 2.24) is 15.0 Å². The van der Waals surface area contributed by atoms with Gasteiger partial charge in [-0.25, -0.2) is 4.68 Å². The average Bonchev–Trinajstić information content (AvgIpc) is 3.30. The molecular weight excluding hydrogens is 374 g/mol. The van der Waals surface area contributed by atoms with Gasteiger partial charge < -0.3 is 14.6 Å². The summed E-state index contributed by atoms with van der Waals surface area (Å²) in [6, 6.07) is 6.54. The lowest BCUT2D eigenvalue weighted by Gasteiger charge is -2.34. The van der Waals surface area contributed by atoms with Crippen molar-refractivity contribution in [2.24, 2.45) is 0 Å². The van der Waals surface area contributed by atoms with Crippen molar-refractivity contribution in [1.29, 1.82) is 0 Å². The zero-order valence-electron chi connectivity index (χ0n) is 13.1. The molecule has 6 nitrogen and oxygen atoms in total. The Morgan fingerprint density at radius 1 is 1.33 bits per heavy atom. The summed E-state index contributed by atoms with van der Waals surface area (Å²) in [5.74, 6) is 0. The highest BCUT2D eigenvalue weighted by atomic mass is 79.9. The van der Waals surface area contributed by atoms with Crippen molar-refractivity contribution in [3.63, 3.8) is 0 Å². The monoisotopic (exact) mass is 391 g/mol. The van der Waals surface area contributed by atoms with E-state index in [1.807, 2.05) is 10.9 Å². The average molecular weight is 392 g/mol. The molecule has 2 fully saturated rings. The van der Waals surface area contributed by atoms with Gasteiger partial charge in [-0.1, -0.05) is 27.2 Å². The van der Waals surface area contributed by atoms with E-state index in [1.165, 1.54) is 11.1 Å². The van der Waals surface area contributed by atoms with E-state index in [0.29, 0.717) is 18.7 Å². The van der Waals surface area contributed by atoms with Crippen LogP contribution in [-0.2, 0) is 21.5 Å². The van der Waals surface area contributed by atoms with Crippen LogP contribution < -0.4 is 0 Å². The Hall–Kier alpha value is -1.28. The molecule has 1 N–H and O–H groups in total. The molecule has 2 saturated heterocycles. The van der Waals surface area contributed by atoms with Crippen molar-refractivity contribution >= 4 is 15.9 Å². The van der Waals surface area contributed by atoms with Crippen LogP contribution >= 0.6 is 15.9 Å². The zero-order chi connectivity index (χ0) is 16.3. The van der Waals surface area contributed by atoms with Gasteiger partial charge in [0.15, 0.2) is 11.9 Å². The molecule has 2 aromatic rings. The number of halogens is 1. The molecule has 3 heterocycles. The molecule has 24 heavy (non-hydrogen) atoms. The van der Waals surface area contributed by atoms with E-state index >= 15 is 0 Å². The molecule has 1 aromatic carbocycles. The predicted octanol–water partition coefficient (Wildman–Crippen LogP) is 2.30. The highest BCUT2D eigenvalue weighted by Gasteiger charge is 2.51. The molecule has 5 rings (SSSR count). The van der Waals surface area contributed by atoms with Gasteiger partial charge in [-0.2, -0.15) is 0 Å². The number of hydrogen-bond donors (Lipinski definition) is 1. The summed E-state index contributed by atoms with van der Waals surface area (Å²) in [5.41, 5.74) is 1.95. The standard InChI is InChI=1S/C17H18BrN3O3/c18-11-3-1-10-2-4-14(13(10)7-11)21-8-15(19-20-21)17(22)6-5-12-9-23-16(17)24-12/h1,3,7-8,12,14,16,22H,2,4-6,9H2/t12-,14?,16+,17?/m0/s1. The van der Waals surface area contributed by atoms with Crippen molar-refractivity contribution in [2.45, 2.75) is 49.7 Å². The largest absolute Gasteiger partial charge is 0.378 e. The van der Waals surface area contributed by atoms with Crippen LogP contribution in [0.15, 0.2) is 28.9 Å². The molecule has 2 aliphatic heterocycles. The van der Waals surface area contributed by atoms with Gasteiger partial charge in [0.2, 0.25) is 0 Å². The van der Waals surface area contributed by atoms with Gasteiger partial charge in [0.1, 0.15) is 5.69 Å². The molecule has 7 heteroatoms. The molecule has 2 unspecified atom stereocenters. The van der Waals surface area contributed by atoms with E-state index in [-0.39, 0.29) is 12.1 Å². The van der Waals surface area contributed by atoms with Crippen molar-refractivity contribution < 1.29 is 14.6 Å². The first-order chi connectivity index (χ1) is 11.6. The second kappa shape index (κ2) is 5.36. The Balaban J connectivity index is 1.48. The number of rotatable bonds is 2. The summed E-state index contributed by atoms with van der Waals surface area (Å²) >= 11 is 3.54. The summed E-state index contributed by atoms with van der Waals surface area (Å²) in [6.07, 6.45) is 4.71. The Kier molecular flexibility index (Phi) is 3.35. The van der Waals surface area contributed by atoms with Crippen molar-refractivity contribution in [2.75, 3.05) is 6.61 Å². The van der Waals surface area contributed by atoms with Gasteiger partial charge in [-0.05, 0) is 48.9 Å². The first kappa shape index (κ1) is 15.0. The number of nitrogens with zero attached hydrogens (tertiary/aromatic N) is 3. The number of aliphatic hydroxyl groups is 1. The normalized spacial score (nSPS) is 34.5. The number of aromatic nitrogens is 3. The number of aryl methyl sites for hydroxylation is 1. The fourth-order valence-electron chi connectivity index (χ4n) is 4.05. The molecule has 2 bridgehead atoms. The zero-order valence-corrected chi connectivity index (χ0v) is 14.6. The SMILES string of the molecule is OC1(c2cn(C3CCc4ccc(Br)cc43)nn2)CC[C@H]2CO[C@@H]1O2. The third-order valence-corrected chi connectivity index (χ3v) is 5.91. The van der Waals surface area contributed by atoms with E-state index in [4.69, 9.17) is 9.47 Å². The minimum absolute atomic E-state index is 0.101. The summed E-state index contributed by atoms with van der Waals surface area (Å²) in [6.45, 7) is 0.547. The Labute approximate surface area is 147 Å². The van der Waals surface area contributed by atoms with E-state index in [0.717, 1.165) is 23.7 Å². The third-order valence-electron chi connectivity index (χ3n) is 5.41. The quantitative estimate of drug-likeness (QED) is 0.850. The first-order valence-electron chi connectivity index (χ1n) is 8.33. The molecular formula is C17H18BrN3O3. The summed E-state index contributed by atoms with van der Waals surface area (Å²) < 4.78 is 14.3. The van der Waals surface area contributed by atoms with E-state index in [1.54, 1.807) is 0 Å². The molecule has 3 aliphatic rings. The van der Waals surface area contributed by atoms with Crippen molar-refractivity contribution in [3.8, 4) is 0 Å². The molecule has 1 aromatic heterocycles. The van der Waals surface area contributed by atoms with Gasteiger partial charge in [0.25, 0.3) is 0 Å². The van der Waals surface area contributed by atoms with Crippen LogP contribution in [0.1, 0.15) is 42.1 Å². The fraction of sp³-hybridized carbons (Fsp3) is 0.529. The Bertz CT molecular complexity index is 795. The van der Waals surface area contributed by atoms with Gasteiger partial charge in [-0.3, -0.25) is 0 Å². The Morgan fingerprint density at radius 2 is 2.25 bits per heavy atom. The van der Waals surface area contributed by atoms with Crippen LogP contribution in [0.3, 0.4) is 0 Å². The predicted molar refractivity (Wildman–Crippen MR) is 88.4 cm³/mol. The molecule has 126 valence electrons. The maximum Gasteiger partial charge on any atom is 0.192 e. The van der Waals surface area contributed by atoms with Crippen LogP contribution in [0.5, 0.6) is 0 Å².